The molecule has 3 nitrogen and oxygen atoms in total. The molecule has 1 aromatic rings. The molecule has 4 heteroatoms. The smallest absolute Gasteiger partial charge is 0.0558 e. The number of nitrogens with two attached hydrogens (primary N) is 1. The Hall–Kier alpha value is -0.580. The zero-order valence-corrected chi connectivity index (χ0v) is 12.9. The van der Waals surface area contributed by atoms with Gasteiger partial charge in [-0.1, -0.05) is 41.3 Å². The average molecular weight is 327 g/mol. The second-order valence-electron chi connectivity index (χ2n) is 5.34. The summed E-state index contributed by atoms with van der Waals surface area (Å²) >= 11 is 3.58. The van der Waals surface area contributed by atoms with Crippen LogP contribution in [0.25, 0.3) is 0 Å². The van der Waals surface area contributed by atoms with Gasteiger partial charge < -0.3 is 10.8 Å². The highest BCUT2D eigenvalue weighted by Gasteiger charge is 2.21. The third-order valence-corrected chi connectivity index (χ3v) is 4.67. The summed E-state index contributed by atoms with van der Waals surface area (Å²) in [4.78, 5) is 2.41. The first-order chi connectivity index (χ1) is 9.20. The van der Waals surface area contributed by atoms with Crippen LogP contribution in [-0.4, -0.2) is 29.2 Å². The molecule has 3 N–H and O–H groups in total. The molecule has 0 bridgehead atoms. The van der Waals surface area contributed by atoms with Crippen LogP contribution >= 0.6 is 15.9 Å². The van der Waals surface area contributed by atoms with Gasteiger partial charge in [0.25, 0.3) is 0 Å². The first kappa shape index (κ1) is 14.8. The van der Waals surface area contributed by atoms with Gasteiger partial charge in [0.05, 0.1) is 6.61 Å². The summed E-state index contributed by atoms with van der Waals surface area (Å²) in [6, 6.07) is 6.59. The van der Waals surface area contributed by atoms with E-state index >= 15 is 0 Å². The largest absolute Gasteiger partial charge is 0.399 e. The number of anilines is 1. The summed E-state index contributed by atoms with van der Waals surface area (Å²) in [6.07, 6.45) is 6.50. The third-order valence-electron chi connectivity index (χ3n) is 3.93. The Morgan fingerprint density at radius 2 is 2.00 bits per heavy atom. The number of aliphatic hydroxyl groups excluding tert-OH is 1. The van der Waals surface area contributed by atoms with Crippen LogP contribution in [0.3, 0.4) is 0 Å². The van der Waals surface area contributed by atoms with E-state index in [1.54, 1.807) is 0 Å². The Kier molecular flexibility index (Phi) is 5.67. The van der Waals surface area contributed by atoms with Crippen LogP contribution in [0.4, 0.5) is 5.69 Å². The molecule has 0 heterocycles. The van der Waals surface area contributed by atoms with Crippen molar-refractivity contribution in [3.63, 3.8) is 0 Å². The van der Waals surface area contributed by atoms with Gasteiger partial charge in [-0.2, -0.15) is 0 Å². The molecule has 106 valence electrons. The van der Waals surface area contributed by atoms with Gasteiger partial charge in [0, 0.05) is 29.3 Å². The van der Waals surface area contributed by atoms with Crippen molar-refractivity contribution in [3.05, 3.63) is 28.2 Å². The highest BCUT2D eigenvalue weighted by molar-refractivity contribution is 9.10. The lowest BCUT2D eigenvalue weighted by molar-refractivity contribution is 0.117. The first-order valence-corrected chi connectivity index (χ1v) is 7.89. The van der Waals surface area contributed by atoms with E-state index in [1.807, 2.05) is 12.1 Å². The Morgan fingerprint density at radius 1 is 1.26 bits per heavy atom. The minimum atomic E-state index is 0.225. The maximum absolute atomic E-state index is 9.29. The quantitative estimate of drug-likeness (QED) is 0.817. The predicted octanol–water partition coefficient (Wildman–Crippen LogP) is 3.16. The van der Waals surface area contributed by atoms with E-state index in [1.165, 1.54) is 37.7 Å². The van der Waals surface area contributed by atoms with Gasteiger partial charge in [0.15, 0.2) is 0 Å². The van der Waals surface area contributed by atoms with Gasteiger partial charge in [0.1, 0.15) is 0 Å². The number of aliphatic hydroxyl groups is 1. The van der Waals surface area contributed by atoms with Crippen molar-refractivity contribution in [1.29, 1.82) is 0 Å². The standard InChI is InChI=1S/C15H23BrN2O/c16-15-10-13(17)7-6-12(15)11-18(8-9-19)14-4-2-1-3-5-14/h6-7,10,14,19H,1-5,8-9,11,17H2. The molecule has 0 unspecified atom stereocenters. The third kappa shape index (κ3) is 4.20. The molecule has 0 spiro atoms. The van der Waals surface area contributed by atoms with Crippen LogP contribution in [0.5, 0.6) is 0 Å². The van der Waals surface area contributed by atoms with Gasteiger partial charge >= 0.3 is 0 Å². The number of halogens is 1. The summed E-state index contributed by atoms with van der Waals surface area (Å²) in [5.41, 5.74) is 7.80. The van der Waals surface area contributed by atoms with Gasteiger partial charge in [0.2, 0.25) is 0 Å². The van der Waals surface area contributed by atoms with E-state index in [4.69, 9.17) is 5.73 Å². The van der Waals surface area contributed by atoms with Crippen molar-refractivity contribution in [1.82, 2.24) is 4.90 Å². The van der Waals surface area contributed by atoms with Crippen molar-refractivity contribution < 1.29 is 5.11 Å². The van der Waals surface area contributed by atoms with Crippen molar-refractivity contribution in [3.8, 4) is 0 Å². The highest BCUT2D eigenvalue weighted by Crippen LogP contribution is 2.26. The Bertz CT molecular complexity index is 405. The SMILES string of the molecule is Nc1ccc(CN(CCO)C2CCCCC2)c(Br)c1. The molecule has 0 amide bonds. The topological polar surface area (TPSA) is 49.5 Å². The molecule has 0 aromatic heterocycles. The van der Waals surface area contributed by atoms with E-state index in [-0.39, 0.29) is 6.61 Å². The summed E-state index contributed by atoms with van der Waals surface area (Å²) in [7, 11) is 0. The average Bonchev–Trinajstić information content (AvgIpc) is 2.42. The fraction of sp³-hybridized carbons (Fsp3) is 0.600. The number of nitrogens with zero attached hydrogens (tertiary/aromatic N) is 1. The molecule has 1 fully saturated rings. The van der Waals surface area contributed by atoms with Gasteiger partial charge in [-0.3, -0.25) is 4.90 Å². The van der Waals surface area contributed by atoms with Crippen LogP contribution in [0.2, 0.25) is 0 Å². The predicted molar refractivity (Wildman–Crippen MR) is 82.9 cm³/mol. The minimum absolute atomic E-state index is 0.225. The fourth-order valence-corrected chi connectivity index (χ4v) is 3.40. The van der Waals surface area contributed by atoms with Crippen LogP contribution in [0.15, 0.2) is 22.7 Å². The normalized spacial score (nSPS) is 17.0. The van der Waals surface area contributed by atoms with E-state index in [2.05, 4.69) is 26.9 Å². The second kappa shape index (κ2) is 7.27. The second-order valence-corrected chi connectivity index (χ2v) is 6.19. The van der Waals surface area contributed by atoms with E-state index in [0.29, 0.717) is 6.04 Å². The zero-order chi connectivity index (χ0) is 13.7. The molecule has 19 heavy (non-hydrogen) atoms. The maximum Gasteiger partial charge on any atom is 0.0558 e. The lowest BCUT2D eigenvalue weighted by Crippen LogP contribution is -2.38. The molecule has 0 saturated heterocycles. The molecular weight excluding hydrogens is 304 g/mol. The molecule has 0 aliphatic heterocycles. The van der Waals surface area contributed by atoms with Crippen molar-refractivity contribution in [2.75, 3.05) is 18.9 Å². The molecule has 1 aromatic carbocycles. The van der Waals surface area contributed by atoms with E-state index < -0.39 is 0 Å². The number of benzene rings is 1. The van der Waals surface area contributed by atoms with Crippen LogP contribution in [0, 0.1) is 0 Å². The van der Waals surface area contributed by atoms with Crippen LogP contribution in [0.1, 0.15) is 37.7 Å². The molecule has 0 radical (unpaired) electrons. The van der Waals surface area contributed by atoms with Gasteiger partial charge in [-0.25, -0.2) is 0 Å². The van der Waals surface area contributed by atoms with E-state index in [0.717, 1.165) is 23.2 Å². The number of rotatable bonds is 5. The number of hydrogen-bond acceptors (Lipinski definition) is 3. The lowest BCUT2D eigenvalue weighted by Gasteiger charge is -2.34. The minimum Gasteiger partial charge on any atom is -0.399 e. The summed E-state index contributed by atoms with van der Waals surface area (Å²) in [6.45, 7) is 1.86. The lowest BCUT2D eigenvalue weighted by atomic mass is 9.94. The molecule has 0 atom stereocenters. The number of nitrogen functional groups attached to an aromatic ring is 1. The summed E-state index contributed by atoms with van der Waals surface area (Å²) in [5, 5.41) is 9.29. The first-order valence-electron chi connectivity index (χ1n) is 7.09. The Labute approximate surface area is 123 Å². The van der Waals surface area contributed by atoms with Crippen molar-refractivity contribution >= 4 is 21.6 Å². The van der Waals surface area contributed by atoms with E-state index in [9.17, 15) is 5.11 Å². The molecule has 1 aliphatic rings. The molecular formula is C15H23BrN2O. The van der Waals surface area contributed by atoms with Gasteiger partial charge in [-0.05, 0) is 30.5 Å². The highest BCUT2D eigenvalue weighted by atomic mass is 79.9. The van der Waals surface area contributed by atoms with Crippen LogP contribution in [-0.2, 0) is 6.54 Å². The van der Waals surface area contributed by atoms with Crippen molar-refractivity contribution in [2.45, 2.75) is 44.7 Å². The summed E-state index contributed by atoms with van der Waals surface area (Å²) < 4.78 is 1.06. The van der Waals surface area contributed by atoms with Crippen molar-refractivity contribution in [2.24, 2.45) is 0 Å². The molecule has 1 aliphatic carbocycles. The maximum atomic E-state index is 9.29. The summed E-state index contributed by atoms with van der Waals surface area (Å²) in [5.74, 6) is 0. The Morgan fingerprint density at radius 3 is 2.63 bits per heavy atom. The fourth-order valence-electron chi connectivity index (χ4n) is 2.88. The zero-order valence-electron chi connectivity index (χ0n) is 11.3. The van der Waals surface area contributed by atoms with Crippen LogP contribution < -0.4 is 5.73 Å². The number of hydrogen-bond donors (Lipinski definition) is 2. The monoisotopic (exact) mass is 326 g/mol. The van der Waals surface area contributed by atoms with Gasteiger partial charge in [-0.15, -0.1) is 0 Å². The molecule has 2 rings (SSSR count). The Balaban J connectivity index is 2.06. The molecule has 1 saturated carbocycles.